The molecule has 0 amide bonds. The minimum Gasteiger partial charge on any atom is -0.492 e. The van der Waals surface area contributed by atoms with Crippen LogP contribution in [-0.2, 0) is 6.54 Å². The van der Waals surface area contributed by atoms with Crippen LogP contribution in [0.5, 0.6) is 11.5 Å². The molecule has 1 heterocycles. The second-order valence-electron chi connectivity index (χ2n) is 3.91. The van der Waals surface area contributed by atoms with Gasteiger partial charge in [-0.1, -0.05) is 0 Å². The zero-order valence-electron chi connectivity index (χ0n) is 11.1. The van der Waals surface area contributed by atoms with E-state index in [9.17, 15) is 0 Å². The van der Waals surface area contributed by atoms with Crippen molar-refractivity contribution >= 4 is 28.1 Å². The van der Waals surface area contributed by atoms with Gasteiger partial charge in [-0.25, -0.2) is 4.68 Å². The Morgan fingerprint density at radius 3 is 2.90 bits per heavy atom. The topological polar surface area (TPSA) is 64.1 Å². The molecule has 0 aliphatic heterocycles. The van der Waals surface area contributed by atoms with E-state index >= 15 is 0 Å². The molecule has 8 heteroatoms. The molecule has 20 heavy (non-hydrogen) atoms. The van der Waals surface area contributed by atoms with Gasteiger partial charge < -0.3 is 14.9 Å². The van der Waals surface area contributed by atoms with Crippen LogP contribution in [0.2, 0.25) is 0 Å². The van der Waals surface area contributed by atoms with Crippen molar-refractivity contribution in [2.24, 2.45) is 0 Å². The van der Waals surface area contributed by atoms with Gasteiger partial charge in [0.2, 0.25) is 4.77 Å². The van der Waals surface area contributed by atoms with Crippen LogP contribution < -0.4 is 14.9 Å². The normalized spacial score (nSPS) is 10.3. The third-order valence-corrected chi connectivity index (χ3v) is 3.46. The molecule has 6 nitrogen and oxygen atoms in total. The van der Waals surface area contributed by atoms with Gasteiger partial charge in [-0.05, 0) is 52.8 Å². The zero-order chi connectivity index (χ0) is 14.5. The number of hydrogen-bond donors (Lipinski definition) is 2. The smallest absolute Gasteiger partial charge is 0.214 e. The lowest BCUT2D eigenvalue weighted by molar-refractivity contribution is 0.309. The van der Waals surface area contributed by atoms with Crippen molar-refractivity contribution in [2.75, 3.05) is 19.1 Å². The molecular formula is C12H15BrN4O2S. The first-order valence-corrected chi connectivity index (χ1v) is 7.21. The molecule has 0 saturated heterocycles. The molecule has 0 fully saturated rings. The predicted molar refractivity (Wildman–Crippen MR) is 82.3 cm³/mol. The first-order chi connectivity index (χ1) is 9.65. The maximum absolute atomic E-state index is 5.58. The van der Waals surface area contributed by atoms with Crippen LogP contribution in [0.1, 0.15) is 12.5 Å². The lowest BCUT2D eigenvalue weighted by Crippen LogP contribution is -2.13. The maximum atomic E-state index is 5.58. The molecule has 0 unspecified atom stereocenters. The van der Waals surface area contributed by atoms with Gasteiger partial charge in [-0.3, -0.25) is 5.10 Å². The highest BCUT2D eigenvalue weighted by Gasteiger charge is 2.11. The molecule has 1 aromatic heterocycles. The molecule has 0 aliphatic rings. The number of benzene rings is 1. The van der Waals surface area contributed by atoms with Gasteiger partial charge >= 0.3 is 0 Å². The summed E-state index contributed by atoms with van der Waals surface area (Å²) < 4.78 is 13.9. The molecule has 2 aromatic rings. The number of halogens is 1. The summed E-state index contributed by atoms with van der Waals surface area (Å²) in [6.45, 7) is 3.09. The number of ether oxygens (including phenoxy) is 2. The van der Waals surface area contributed by atoms with Crippen LogP contribution in [0.25, 0.3) is 0 Å². The Bertz CT molecular complexity index is 641. The molecule has 108 valence electrons. The van der Waals surface area contributed by atoms with Crippen molar-refractivity contribution in [1.29, 1.82) is 0 Å². The highest BCUT2D eigenvalue weighted by atomic mass is 79.9. The van der Waals surface area contributed by atoms with E-state index in [0.29, 0.717) is 29.4 Å². The van der Waals surface area contributed by atoms with Crippen molar-refractivity contribution in [3.05, 3.63) is 33.3 Å². The number of methoxy groups -OCH3 is 1. The van der Waals surface area contributed by atoms with Crippen LogP contribution in [-0.4, -0.2) is 28.6 Å². The van der Waals surface area contributed by atoms with Gasteiger partial charge in [0.05, 0.1) is 24.7 Å². The van der Waals surface area contributed by atoms with Crippen molar-refractivity contribution in [1.82, 2.24) is 14.9 Å². The Balaban J connectivity index is 2.20. The standard InChI is InChI=1S/C12H15BrN4O2S/c1-3-19-10-5-8(4-9(13)11(10)18-2)6-15-17-7-14-16-12(17)20/h4-5,7,15H,3,6H2,1-2H3,(H,16,20). The summed E-state index contributed by atoms with van der Waals surface area (Å²) in [5.74, 6) is 1.40. The molecule has 0 saturated carbocycles. The SMILES string of the molecule is CCOc1cc(CNn2cn[nH]c2=S)cc(Br)c1OC. The highest BCUT2D eigenvalue weighted by molar-refractivity contribution is 9.10. The fourth-order valence-corrected chi connectivity index (χ4v) is 2.54. The summed E-state index contributed by atoms with van der Waals surface area (Å²) in [7, 11) is 1.62. The van der Waals surface area contributed by atoms with E-state index in [4.69, 9.17) is 21.7 Å². The quantitative estimate of drug-likeness (QED) is 0.777. The summed E-state index contributed by atoms with van der Waals surface area (Å²) in [6, 6.07) is 3.90. The minimum atomic E-state index is 0.516. The lowest BCUT2D eigenvalue weighted by Gasteiger charge is -2.14. The maximum Gasteiger partial charge on any atom is 0.214 e. The summed E-state index contributed by atoms with van der Waals surface area (Å²) in [5.41, 5.74) is 4.18. The van der Waals surface area contributed by atoms with Gasteiger partial charge in [-0.15, -0.1) is 0 Å². The Hall–Kier alpha value is -1.54. The van der Waals surface area contributed by atoms with Crippen LogP contribution in [0.15, 0.2) is 22.9 Å². The van der Waals surface area contributed by atoms with Gasteiger partial charge in [0.1, 0.15) is 6.33 Å². The highest BCUT2D eigenvalue weighted by Crippen LogP contribution is 2.36. The Morgan fingerprint density at radius 2 is 2.30 bits per heavy atom. The predicted octanol–water partition coefficient (Wildman–Crippen LogP) is 2.85. The van der Waals surface area contributed by atoms with Gasteiger partial charge in [0, 0.05) is 0 Å². The number of H-pyrrole nitrogens is 1. The number of aromatic amines is 1. The average molecular weight is 359 g/mol. The van der Waals surface area contributed by atoms with E-state index in [1.54, 1.807) is 18.1 Å². The minimum absolute atomic E-state index is 0.516. The third-order valence-electron chi connectivity index (χ3n) is 2.58. The Morgan fingerprint density at radius 1 is 1.50 bits per heavy atom. The van der Waals surface area contributed by atoms with Crippen molar-refractivity contribution < 1.29 is 9.47 Å². The first kappa shape index (κ1) is 14.9. The van der Waals surface area contributed by atoms with E-state index in [0.717, 1.165) is 10.0 Å². The second-order valence-corrected chi connectivity index (χ2v) is 5.15. The number of rotatable bonds is 6. The average Bonchev–Trinajstić information content (AvgIpc) is 2.82. The second kappa shape index (κ2) is 6.76. The van der Waals surface area contributed by atoms with Crippen molar-refractivity contribution in [3.63, 3.8) is 0 Å². The zero-order valence-corrected chi connectivity index (χ0v) is 13.5. The third kappa shape index (κ3) is 3.31. The van der Waals surface area contributed by atoms with Gasteiger partial charge in [0.25, 0.3) is 0 Å². The van der Waals surface area contributed by atoms with Gasteiger partial charge in [-0.2, -0.15) is 5.10 Å². The fourth-order valence-electron chi connectivity index (χ4n) is 1.72. The molecule has 2 N–H and O–H groups in total. The molecule has 0 aliphatic carbocycles. The van der Waals surface area contributed by atoms with E-state index < -0.39 is 0 Å². The van der Waals surface area contributed by atoms with E-state index in [1.165, 1.54) is 0 Å². The summed E-state index contributed by atoms with van der Waals surface area (Å²) in [5, 5.41) is 6.52. The van der Waals surface area contributed by atoms with Crippen LogP contribution >= 0.6 is 28.1 Å². The molecule has 0 atom stereocenters. The van der Waals surface area contributed by atoms with Crippen LogP contribution in [0.3, 0.4) is 0 Å². The largest absolute Gasteiger partial charge is 0.492 e. The lowest BCUT2D eigenvalue weighted by atomic mass is 10.2. The number of hydrogen-bond acceptors (Lipinski definition) is 5. The van der Waals surface area contributed by atoms with Gasteiger partial charge in [0.15, 0.2) is 11.5 Å². The molecule has 0 bridgehead atoms. The van der Waals surface area contributed by atoms with Crippen LogP contribution in [0.4, 0.5) is 0 Å². The van der Waals surface area contributed by atoms with Crippen LogP contribution in [0, 0.1) is 4.77 Å². The molecule has 0 spiro atoms. The Labute approximate surface area is 130 Å². The fraction of sp³-hybridized carbons (Fsp3) is 0.333. The molecule has 2 rings (SSSR count). The molecule has 0 radical (unpaired) electrons. The Kier molecular flexibility index (Phi) is 5.02. The number of nitrogens with zero attached hydrogens (tertiary/aromatic N) is 2. The van der Waals surface area contributed by atoms with Crippen molar-refractivity contribution in [2.45, 2.75) is 13.5 Å². The summed E-state index contributed by atoms with van der Waals surface area (Å²) in [6.07, 6.45) is 1.59. The molecule has 1 aromatic carbocycles. The summed E-state index contributed by atoms with van der Waals surface area (Å²) >= 11 is 8.54. The van der Waals surface area contributed by atoms with E-state index in [-0.39, 0.29) is 0 Å². The van der Waals surface area contributed by atoms with E-state index in [2.05, 4.69) is 31.6 Å². The number of nitrogens with one attached hydrogen (secondary N) is 2. The van der Waals surface area contributed by atoms with E-state index in [1.807, 2.05) is 19.1 Å². The summed E-state index contributed by atoms with van der Waals surface area (Å²) in [4.78, 5) is 0. The first-order valence-electron chi connectivity index (χ1n) is 6.00. The van der Waals surface area contributed by atoms with Crippen molar-refractivity contribution in [3.8, 4) is 11.5 Å². The molecular weight excluding hydrogens is 344 g/mol. The monoisotopic (exact) mass is 358 g/mol. The number of aromatic nitrogens is 3.